The largest absolute Gasteiger partial charge is 0.478 e. The molecular formula is C8H5F3O2S. The molecule has 1 aromatic rings. The monoisotopic (exact) mass is 222 g/mol. The van der Waals surface area contributed by atoms with E-state index in [0.29, 0.717) is 6.07 Å². The zero-order chi connectivity index (χ0) is 10.9. The number of rotatable bonds is 1. The van der Waals surface area contributed by atoms with Gasteiger partial charge in [-0.3, -0.25) is 0 Å². The minimum atomic E-state index is -4.66. The van der Waals surface area contributed by atoms with E-state index in [0.717, 1.165) is 12.1 Å². The van der Waals surface area contributed by atoms with Gasteiger partial charge in [-0.1, -0.05) is 0 Å². The summed E-state index contributed by atoms with van der Waals surface area (Å²) in [6, 6.07) is 2.67. The third-order valence-corrected chi connectivity index (χ3v) is 1.82. The predicted octanol–water partition coefficient (Wildman–Crippen LogP) is 2.69. The second-order valence-electron chi connectivity index (χ2n) is 2.53. The molecule has 0 unspecified atom stereocenters. The van der Waals surface area contributed by atoms with Crippen molar-refractivity contribution < 1.29 is 23.1 Å². The summed E-state index contributed by atoms with van der Waals surface area (Å²) in [7, 11) is 0. The second kappa shape index (κ2) is 3.53. The SMILES string of the molecule is O=C(O)c1cc(S)ccc1C(F)(F)F. The zero-order valence-electron chi connectivity index (χ0n) is 6.67. The fraction of sp³-hybridized carbons (Fsp3) is 0.125. The van der Waals surface area contributed by atoms with Crippen molar-refractivity contribution in [2.24, 2.45) is 0 Å². The van der Waals surface area contributed by atoms with Crippen molar-refractivity contribution in [1.29, 1.82) is 0 Å². The molecule has 0 spiro atoms. The molecule has 0 saturated carbocycles. The van der Waals surface area contributed by atoms with Gasteiger partial charge in [0.1, 0.15) is 0 Å². The standard InChI is InChI=1S/C8H5F3O2S/c9-8(10,11)6-2-1-4(14)3-5(6)7(12)13/h1-3,14H,(H,12,13). The summed E-state index contributed by atoms with van der Waals surface area (Å²) >= 11 is 3.76. The molecule has 0 amide bonds. The van der Waals surface area contributed by atoms with Crippen LogP contribution in [0.2, 0.25) is 0 Å². The summed E-state index contributed by atoms with van der Waals surface area (Å²) in [5.74, 6) is -1.62. The Hall–Kier alpha value is -1.17. The van der Waals surface area contributed by atoms with Crippen molar-refractivity contribution in [2.45, 2.75) is 11.1 Å². The van der Waals surface area contributed by atoms with Gasteiger partial charge in [-0.2, -0.15) is 13.2 Å². The van der Waals surface area contributed by atoms with E-state index in [2.05, 4.69) is 12.6 Å². The third kappa shape index (κ3) is 2.20. The van der Waals surface area contributed by atoms with Gasteiger partial charge >= 0.3 is 12.1 Å². The summed E-state index contributed by atoms with van der Waals surface area (Å²) in [6.45, 7) is 0. The molecule has 0 radical (unpaired) electrons. The summed E-state index contributed by atoms with van der Waals surface area (Å²) in [5.41, 5.74) is -1.95. The molecule has 0 saturated heterocycles. The first-order valence-corrected chi connectivity index (χ1v) is 3.90. The van der Waals surface area contributed by atoms with E-state index in [9.17, 15) is 18.0 Å². The Balaban J connectivity index is 3.37. The number of aromatic carboxylic acids is 1. The number of halogens is 3. The van der Waals surface area contributed by atoms with Crippen LogP contribution < -0.4 is 0 Å². The van der Waals surface area contributed by atoms with E-state index in [1.807, 2.05) is 0 Å². The topological polar surface area (TPSA) is 37.3 Å². The van der Waals surface area contributed by atoms with Gasteiger partial charge in [-0.15, -0.1) is 12.6 Å². The van der Waals surface area contributed by atoms with Crippen LogP contribution in [0.25, 0.3) is 0 Å². The molecule has 1 N–H and O–H groups in total. The summed E-state index contributed by atoms with van der Waals surface area (Å²) in [6.07, 6.45) is -4.66. The van der Waals surface area contributed by atoms with E-state index in [1.165, 1.54) is 0 Å². The average molecular weight is 222 g/mol. The van der Waals surface area contributed by atoms with Crippen LogP contribution in [-0.2, 0) is 6.18 Å². The molecule has 1 aromatic carbocycles. The van der Waals surface area contributed by atoms with Crippen LogP contribution in [0.15, 0.2) is 23.1 Å². The van der Waals surface area contributed by atoms with E-state index in [4.69, 9.17) is 5.11 Å². The molecular weight excluding hydrogens is 217 g/mol. The van der Waals surface area contributed by atoms with Gasteiger partial charge in [0.25, 0.3) is 0 Å². The Morgan fingerprint density at radius 2 is 1.93 bits per heavy atom. The van der Waals surface area contributed by atoms with Gasteiger partial charge in [0.2, 0.25) is 0 Å². The molecule has 14 heavy (non-hydrogen) atoms. The van der Waals surface area contributed by atoms with E-state index >= 15 is 0 Å². The summed E-state index contributed by atoms with van der Waals surface area (Å²) in [5, 5.41) is 8.52. The first kappa shape index (κ1) is 10.9. The number of carboxylic acid groups (broad SMARTS) is 1. The van der Waals surface area contributed by atoms with Crippen molar-refractivity contribution in [2.75, 3.05) is 0 Å². The maximum atomic E-state index is 12.3. The molecule has 0 heterocycles. The number of alkyl halides is 3. The van der Waals surface area contributed by atoms with Gasteiger partial charge in [-0.25, -0.2) is 4.79 Å². The highest BCUT2D eigenvalue weighted by molar-refractivity contribution is 7.80. The minimum absolute atomic E-state index is 0.176. The number of benzene rings is 1. The minimum Gasteiger partial charge on any atom is -0.478 e. The van der Waals surface area contributed by atoms with E-state index < -0.39 is 23.3 Å². The molecule has 1 rings (SSSR count). The summed E-state index contributed by atoms with van der Waals surface area (Å²) < 4.78 is 36.8. The quantitative estimate of drug-likeness (QED) is 0.717. The van der Waals surface area contributed by atoms with Crippen molar-refractivity contribution >= 4 is 18.6 Å². The van der Waals surface area contributed by atoms with Gasteiger partial charge < -0.3 is 5.11 Å². The normalized spacial score (nSPS) is 11.4. The molecule has 0 aliphatic carbocycles. The van der Waals surface area contributed by atoms with Crippen LogP contribution in [0.4, 0.5) is 13.2 Å². The van der Waals surface area contributed by atoms with Gasteiger partial charge in [-0.05, 0) is 18.2 Å². The Morgan fingerprint density at radius 3 is 2.36 bits per heavy atom. The van der Waals surface area contributed by atoms with Crippen molar-refractivity contribution in [3.05, 3.63) is 29.3 Å². The molecule has 0 aliphatic rings. The number of carboxylic acids is 1. The van der Waals surface area contributed by atoms with Gasteiger partial charge in [0.15, 0.2) is 0 Å². The molecule has 0 fully saturated rings. The molecule has 2 nitrogen and oxygen atoms in total. The average Bonchev–Trinajstić information content (AvgIpc) is 2.01. The van der Waals surface area contributed by atoms with Crippen LogP contribution in [-0.4, -0.2) is 11.1 Å². The Bertz CT molecular complexity index is 373. The molecule has 0 aromatic heterocycles. The van der Waals surface area contributed by atoms with Crippen LogP contribution in [0, 0.1) is 0 Å². The van der Waals surface area contributed by atoms with Gasteiger partial charge in [0.05, 0.1) is 11.1 Å². The van der Waals surface area contributed by atoms with Crippen LogP contribution >= 0.6 is 12.6 Å². The van der Waals surface area contributed by atoms with Gasteiger partial charge in [0, 0.05) is 4.90 Å². The Kier molecular flexibility index (Phi) is 2.75. The second-order valence-corrected chi connectivity index (χ2v) is 3.05. The lowest BCUT2D eigenvalue weighted by Crippen LogP contribution is -2.12. The third-order valence-electron chi connectivity index (χ3n) is 1.54. The lowest BCUT2D eigenvalue weighted by Gasteiger charge is -2.09. The maximum Gasteiger partial charge on any atom is 0.417 e. The predicted molar refractivity (Wildman–Crippen MR) is 45.7 cm³/mol. The highest BCUT2D eigenvalue weighted by atomic mass is 32.1. The zero-order valence-corrected chi connectivity index (χ0v) is 7.56. The van der Waals surface area contributed by atoms with Crippen molar-refractivity contribution in [3.8, 4) is 0 Å². The summed E-state index contributed by atoms with van der Waals surface area (Å²) in [4.78, 5) is 10.7. The first-order chi connectivity index (χ1) is 6.32. The van der Waals surface area contributed by atoms with Crippen molar-refractivity contribution in [1.82, 2.24) is 0 Å². The fourth-order valence-corrected chi connectivity index (χ4v) is 1.16. The Morgan fingerprint density at radius 1 is 1.36 bits per heavy atom. The number of carbonyl (C=O) groups is 1. The molecule has 76 valence electrons. The molecule has 0 bridgehead atoms. The fourth-order valence-electron chi connectivity index (χ4n) is 0.956. The van der Waals surface area contributed by atoms with Crippen LogP contribution in [0.5, 0.6) is 0 Å². The highest BCUT2D eigenvalue weighted by Gasteiger charge is 2.35. The smallest absolute Gasteiger partial charge is 0.417 e. The van der Waals surface area contributed by atoms with E-state index in [-0.39, 0.29) is 4.90 Å². The molecule has 0 aliphatic heterocycles. The lowest BCUT2D eigenvalue weighted by atomic mass is 10.1. The van der Waals surface area contributed by atoms with E-state index in [1.54, 1.807) is 0 Å². The van der Waals surface area contributed by atoms with Crippen LogP contribution in [0.3, 0.4) is 0 Å². The first-order valence-electron chi connectivity index (χ1n) is 3.46. The van der Waals surface area contributed by atoms with Crippen LogP contribution in [0.1, 0.15) is 15.9 Å². The van der Waals surface area contributed by atoms with Crippen molar-refractivity contribution in [3.63, 3.8) is 0 Å². The number of thiol groups is 1. The lowest BCUT2D eigenvalue weighted by molar-refractivity contribution is -0.138. The highest BCUT2D eigenvalue weighted by Crippen LogP contribution is 2.32. The molecule has 0 atom stereocenters. The Labute approximate surface area is 82.8 Å². The number of hydrogen-bond donors (Lipinski definition) is 2. The maximum absolute atomic E-state index is 12.3. The molecule has 6 heteroatoms. The number of hydrogen-bond acceptors (Lipinski definition) is 2.